The third-order valence-electron chi connectivity index (χ3n) is 3.76. The number of piperidine rings is 1. The van der Waals surface area contributed by atoms with Gasteiger partial charge >= 0.3 is 0 Å². The van der Waals surface area contributed by atoms with Crippen molar-refractivity contribution in [2.45, 2.75) is 19.3 Å². The maximum atomic E-state index is 12.1. The van der Waals surface area contributed by atoms with Crippen LogP contribution in [0.5, 0.6) is 11.5 Å². The number of anilines is 1. The van der Waals surface area contributed by atoms with Crippen LogP contribution in [0.2, 0.25) is 0 Å². The van der Waals surface area contributed by atoms with Crippen LogP contribution in [0.3, 0.4) is 0 Å². The van der Waals surface area contributed by atoms with Crippen LogP contribution in [-0.4, -0.2) is 50.6 Å². The SMILES string of the molecule is COc1ccc(OC)c(NC(N)=NCC(=O)N2CCCCC2)c1.I. The summed E-state index contributed by atoms with van der Waals surface area (Å²) in [5.41, 5.74) is 6.51. The number of nitrogens with two attached hydrogens (primary N) is 1. The van der Waals surface area contributed by atoms with Gasteiger partial charge in [0, 0.05) is 19.2 Å². The monoisotopic (exact) mass is 448 g/mol. The maximum absolute atomic E-state index is 12.1. The number of guanidine groups is 1. The van der Waals surface area contributed by atoms with Crippen molar-refractivity contribution in [3.05, 3.63) is 18.2 Å². The number of methoxy groups -OCH3 is 2. The molecule has 8 heteroatoms. The zero-order valence-electron chi connectivity index (χ0n) is 14.1. The molecule has 0 spiro atoms. The molecular formula is C16H25IN4O3. The molecule has 134 valence electrons. The highest BCUT2D eigenvalue weighted by atomic mass is 127. The molecular weight excluding hydrogens is 423 g/mol. The number of rotatable bonds is 5. The van der Waals surface area contributed by atoms with Crippen molar-refractivity contribution in [1.82, 2.24) is 4.90 Å². The van der Waals surface area contributed by atoms with Crippen LogP contribution in [0.4, 0.5) is 5.69 Å². The number of carbonyl (C=O) groups excluding carboxylic acids is 1. The Bertz CT molecular complexity index is 574. The van der Waals surface area contributed by atoms with E-state index in [4.69, 9.17) is 15.2 Å². The Hall–Kier alpha value is -1.71. The fourth-order valence-electron chi connectivity index (χ4n) is 2.49. The van der Waals surface area contributed by atoms with Crippen LogP contribution in [-0.2, 0) is 4.79 Å². The topological polar surface area (TPSA) is 89.2 Å². The van der Waals surface area contributed by atoms with E-state index in [0.29, 0.717) is 17.2 Å². The van der Waals surface area contributed by atoms with Gasteiger partial charge in [0.1, 0.15) is 18.0 Å². The van der Waals surface area contributed by atoms with E-state index in [9.17, 15) is 4.79 Å². The number of hydrogen-bond donors (Lipinski definition) is 2. The van der Waals surface area contributed by atoms with Crippen LogP contribution in [0.15, 0.2) is 23.2 Å². The molecule has 0 saturated carbocycles. The minimum absolute atomic E-state index is 0. The summed E-state index contributed by atoms with van der Waals surface area (Å²) in [7, 11) is 3.15. The van der Waals surface area contributed by atoms with Gasteiger partial charge in [-0.05, 0) is 31.4 Å². The standard InChI is InChI=1S/C16H24N4O3.HI/c1-22-12-6-7-14(23-2)13(10-12)19-16(17)18-11-15(21)20-8-4-3-5-9-20;/h6-7,10H,3-5,8-9,11H2,1-2H3,(H3,17,18,19);1H. The normalized spacial score (nSPS) is 14.6. The third-order valence-corrected chi connectivity index (χ3v) is 3.76. The number of amides is 1. The molecule has 0 aliphatic carbocycles. The Morgan fingerprint density at radius 3 is 2.58 bits per heavy atom. The summed E-state index contributed by atoms with van der Waals surface area (Å²) in [5.74, 6) is 1.46. The molecule has 1 saturated heterocycles. The predicted molar refractivity (Wildman–Crippen MR) is 106 cm³/mol. The number of ether oxygens (including phenoxy) is 2. The van der Waals surface area contributed by atoms with Crippen LogP contribution >= 0.6 is 24.0 Å². The molecule has 1 heterocycles. The second-order valence-corrected chi connectivity index (χ2v) is 5.33. The van der Waals surface area contributed by atoms with Crippen LogP contribution in [0.25, 0.3) is 0 Å². The van der Waals surface area contributed by atoms with E-state index in [-0.39, 0.29) is 42.4 Å². The first-order valence-corrected chi connectivity index (χ1v) is 7.71. The molecule has 0 unspecified atom stereocenters. The first-order valence-electron chi connectivity index (χ1n) is 7.71. The lowest BCUT2D eigenvalue weighted by atomic mass is 10.1. The molecule has 24 heavy (non-hydrogen) atoms. The summed E-state index contributed by atoms with van der Waals surface area (Å²) in [4.78, 5) is 18.0. The molecule has 1 aromatic rings. The fraction of sp³-hybridized carbons (Fsp3) is 0.500. The molecule has 3 N–H and O–H groups in total. The molecule has 1 amide bonds. The van der Waals surface area contributed by atoms with Gasteiger partial charge in [-0.3, -0.25) is 4.79 Å². The van der Waals surface area contributed by atoms with Gasteiger partial charge in [0.2, 0.25) is 5.91 Å². The number of nitrogens with one attached hydrogen (secondary N) is 1. The van der Waals surface area contributed by atoms with Crippen LogP contribution in [0, 0.1) is 0 Å². The average Bonchev–Trinajstić information content (AvgIpc) is 2.60. The maximum Gasteiger partial charge on any atom is 0.244 e. The van der Waals surface area contributed by atoms with Gasteiger partial charge in [0.25, 0.3) is 0 Å². The largest absolute Gasteiger partial charge is 0.497 e. The van der Waals surface area contributed by atoms with Gasteiger partial charge in [0.05, 0.1) is 19.9 Å². The molecule has 1 aromatic carbocycles. The van der Waals surface area contributed by atoms with E-state index in [1.54, 1.807) is 32.4 Å². The zero-order valence-corrected chi connectivity index (χ0v) is 16.4. The molecule has 7 nitrogen and oxygen atoms in total. The Labute approximate surface area is 159 Å². The zero-order chi connectivity index (χ0) is 16.7. The second-order valence-electron chi connectivity index (χ2n) is 5.33. The molecule has 0 bridgehead atoms. The molecule has 1 aliphatic heterocycles. The highest BCUT2D eigenvalue weighted by molar-refractivity contribution is 14.0. The lowest BCUT2D eigenvalue weighted by molar-refractivity contribution is -0.130. The quantitative estimate of drug-likeness (QED) is 0.409. The summed E-state index contributed by atoms with van der Waals surface area (Å²) in [6.07, 6.45) is 3.31. The lowest BCUT2D eigenvalue weighted by Crippen LogP contribution is -2.37. The number of aliphatic imine (C=N–C) groups is 1. The Morgan fingerprint density at radius 2 is 1.96 bits per heavy atom. The van der Waals surface area contributed by atoms with E-state index in [0.717, 1.165) is 25.9 Å². The minimum Gasteiger partial charge on any atom is -0.497 e. The van der Waals surface area contributed by atoms with Gasteiger partial charge in [0.15, 0.2) is 5.96 Å². The Morgan fingerprint density at radius 1 is 1.25 bits per heavy atom. The number of nitrogens with zero attached hydrogens (tertiary/aromatic N) is 2. The van der Waals surface area contributed by atoms with Crippen molar-refractivity contribution >= 4 is 41.5 Å². The number of likely N-dealkylation sites (tertiary alicyclic amines) is 1. The van der Waals surface area contributed by atoms with Crippen molar-refractivity contribution in [1.29, 1.82) is 0 Å². The number of halogens is 1. The van der Waals surface area contributed by atoms with Gasteiger partial charge in [-0.1, -0.05) is 0 Å². The summed E-state index contributed by atoms with van der Waals surface area (Å²) in [6, 6.07) is 5.32. The van der Waals surface area contributed by atoms with E-state index < -0.39 is 0 Å². The molecule has 1 aliphatic rings. The Kier molecular flexibility index (Phi) is 8.66. The molecule has 0 radical (unpaired) electrons. The number of carbonyl (C=O) groups is 1. The van der Waals surface area contributed by atoms with Crippen LogP contribution in [0.1, 0.15) is 19.3 Å². The van der Waals surface area contributed by atoms with Crippen molar-refractivity contribution in [2.75, 3.05) is 39.2 Å². The van der Waals surface area contributed by atoms with Gasteiger partial charge in [-0.2, -0.15) is 0 Å². The van der Waals surface area contributed by atoms with Crippen molar-refractivity contribution in [3.8, 4) is 11.5 Å². The van der Waals surface area contributed by atoms with Gasteiger partial charge in [-0.15, -0.1) is 24.0 Å². The Balaban J connectivity index is 0.00000288. The second kappa shape index (κ2) is 10.2. The summed E-state index contributed by atoms with van der Waals surface area (Å²) in [5, 5.41) is 2.95. The van der Waals surface area contributed by atoms with Crippen LogP contribution < -0.4 is 20.5 Å². The summed E-state index contributed by atoms with van der Waals surface area (Å²) < 4.78 is 10.4. The van der Waals surface area contributed by atoms with E-state index in [1.807, 2.05) is 4.90 Å². The highest BCUT2D eigenvalue weighted by Crippen LogP contribution is 2.28. The minimum atomic E-state index is 0. The lowest BCUT2D eigenvalue weighted by Gasteiger charge is -2.26. The average molecular weight is 448 g/mol. The first kappa shape index (κ1) is 20.3. The highest BCUT2D eigenvalue weighted by Gasteiger charge is 2.15. The third kappa shape index (κ3) is 5.73. The van der Waals surface area contributed by atoms with E-state index in [1.165, 1.54) is 6.42 Å². The van der Waals surface area contributed by atoms with Crippen molar-refractivity contribution < 1.29 is 14.3 Å². The smallest absolute Gasteiger partial charge is 0.244 e. The van der Waals surface area contributed by atoms with Crippen molar-refractivity contribution in [2.24, 2.45) is 10.7 Å². The van der Waals surface area contributed by atoms with Crippen molar-refractivity contribution in [3.63, 3.8) is 0 Å². The van der Waals surface area contributed by atoms with Gasteiger partial charge < -0.3 is 25.4 Å². The van der Waals surface area contributed by atoms with E-state index >= 15 is 0 Å². The molecule has 2 rings (SSSR count). The summed E-state index contributed by atoms with van der Waals surface area (Å²) >= 11 is 0. The predicted octanol–water partition coefficient (Wildman–Crippen LogP) is 2.06. The molecule has 0 atom stereocenters. The number of benzene rings is 1. The fourth-order valence-corrected chi connectivity index (χ4v) is 2.49. The van der Waals surface area contributed by atoms with E-state index in [2.05, 4.69) is 10.3 Å². The summed E-state index contributed by atoms with van der Waals surface area (Å²) in [6.45, 7) is 1.67. The molecule has 0 aromatic heterocycles. The first-order chi connectivity index (χ1) is 11.1. The molecule has 1 fully saturated rings. The number of hydrogen-bond acceptors (Lipinski definition) is 4. The van der Waals surface area contributed by atoms with Gasteiger partial charge in [-0.25, -0.2) is 4.99 Å².